The number of para-hydroxylation sites is 1. The molecule has 25 heavy (non-hydrogen) atoms. The van der Waals surface area contributed by atoms with Crippen LogP contribution in [0.4, 0.5) is 17.3 Å². The number of nitrogens with one attached hydrogen (secondary N) is 2. The van der Waals surface area contributed by atoms with Crippen LogP contribution < -0.4 is 10.6 Å². The maximum atomic E-state index is 12.1. The number of aromatic nitrogens is 2. The zero-order chi connectivity index (χ0) is 18.4. The van der Waals surface area contributed by atoms with Crippen molar-refractivity contribution < 1.29 is 19.3 Å². The normalized spacial score (nSPS) is 11.1. The Kier molecular flexibility index (Phi) is 5.83. The number of amides is 1. The summed E-state index contributed by atoms with van der Waals surface area (Å²) in [4.78, 5) is 13.5. The van der Waals surface area contributed by atoms with E-state index in [0.29, 0.717) is 18.1 Å². The third-order valence-corrected chi connectivity index (χ3v) is 3.43. The number of benzene rings is 1. The van der Waals surface area contributed by atoms with E-state index in [-0.39, 0.29) is 23.0 Å². The minimum Gasteiger partial charge on any atom is -0.505 e. The van der Waals surface area contributed by atoms with Gasteiger partial charge in [-0.1, -0.05) is 6.07 Å². The third kappa shape index (κ3) is 4.19. The molecule has 0 aliphatic carbocycles. The van der Waals surface area contributed by atoms with Gasteiger partial charge in [0.2, 0.25) is 11.6 Å². The molecule has 0 saturated heterocycles. The van der Waals surface area contributed by atoms with Crippen LogP contribution in [0.3, 0.4) is 0 Å². The Balaban J connectivity index is 2.20. The van der Waals surface area contributed by atoms with Crippen molar-refractivity contribution in [2.24, 2.45) is 0 Å². The van der Waals surface area contributed by atoms with E-state index in [1.165, 1.54) is 4.90 Å². The number of carbonyl (C=O) groups excluding carboxylic acids is 1. The van der Waals surface area contributed by atoms with E-state index in [1.54, 1.807) is 39.4 Å². The van der Waals surface area contributed by atoms with Gasteiger partial charge in [0.25, 0.3) is 5.91 Å². The minimum atomic E-state index is -0.310. The van der Waals surface area contributed by atoms with Crippen LogP contribution >= 0.6 is 0 Å². The number of hydrogen-bond acceptors (Lipinski definition) is 8. The molecule has 2 aromatic rings. The Morgan fingerprint density at radius 2 is 2.08 bits per heavy atom. The van der Waals surface area contributed by atoms with Crippen molar-refractivity contribution in [2.75, 3.05) is 38.4 Å². The zero-order valence-electron chi connectivity index (χ0n) is 14.5. The zero-order valence-corrected chi connectivity index (χ0v) is 14.5. The molecular formula is C16H21N5O4. The number of hydrogen-bond donors (Lipinski definition) is 3. The summed E-state index contributed by atoms with van der Waals surface area (Å²) in [5.74, 6) is 0.851. The van der Waals surface area contributed by atoms with E-state index >= 15 is 0 Å². The van der Waals surface area contributed by atoms with Gasteiger partial charge in [0.1, 0.15) is 5.76 Å². The number of carbonyl (C=O) groups is 1. The fourth-order valence-corrected chi connectivity index (χ4v) is 2.03. The molecule has 0 bridgehead atoms. The van der Waals surface area contributed by atoms with Crippen molar-refractivity contribution in [1.29, 1.82) is 0 Å². The molecule has 0 spiro atoms. The summed E-state index contributed by atoms with van der Waals surface area (Å²) in [5.41, 5.74) is 0.487. The van der Waals surface area contributed by atoms with Gasteiger partial charge in [-0.15, -0.1) is 0 Å². The number of ether oxygens (including phenoxy) is 1. The first-order valence-electron chi connectivity index (χ1n) is 7.54. The van der Waals surface area contributed by atoms with Gasteiger partial charge in [0.05, 0.1) is 24.9 Å². The first kappa shape index (κ1) is 18.1. The quantitative estimate of drug-likeness (QED) is 0.516. The molecular weight excluding hydrogens is 326 g/mol. The van der Waals surface area contributed by atoms with Crippen molar-refractivity contribution >= 4 is 23.2 Å². The number of allylic oxidation sites excluding steroid dienone is 1. The minimum absolute atomic E-state index is 0.177. The molecule has 1 aromatic heterocycles. The molecule has 1 amide bonds. The number of nitrogens with zero attached hydrogens (tertiary/aromatic N) is 3. The SMILES string of the molecule is C/C=C(/CNc1nonc1Nc1cccc(C(=O)N(C)C)c1O)OC. The van der Waals surface area contributed by atoms with E-state index in [1.807, 2.05) is 13.0 Å². The van der Waals surface area contributed by atoms with Crippen LogP contribution in [0, 0.1) is 0 Å². The van der Waals surface area contributed by atoms with Crippen LogP contribution in [-0.4, -0.2) is 54.0 Å². The van der Waals surface area contributed by atoms with Gasteiger partial charge in [-0.25, -0.2) is 4.63 Å². The first-order chi connectivity index (χ1) is 12.0. The lowest BCUT2D eigenvalue weighted by Crippen LogP contribution is -2.21. The van der Waals surface area contributed by atoms with Crippen LogP contribution in [0.2, 0.25) is 0 Å². The van der Waals surface area contributed by atoms with Crippen molar-refractivity contribution in [1.82, 2.24) is 15.2 Å². The largest absolute Gasteiger partial charge is 0.505 e. The van der Waals surface area contributed by atoms with Crippen LogP contribution in [0.15, 0.2) is 34.7 Å². The van der Waals surface area contributed by atoms with Gasteiger partial charge in [0, 0.05) is 14.1 Å². The molecule has 0 fully saturated rings. The van der Waals surface area contributed by atoms with Crippen molar-refractivity contribution in [2.45, 2.75) is 6.92 Å². The lowest BCUT2D eigenvalue weighted by Gasteiger charge is -2.14. The average molecular weight is 347 g/mol. The summed E-state index contributed by atoms with van der Waals surface area (Å²) < 4.78 is 9.89. The summed E-state index contributed by atoms with van der Waals surface area (Å²) >= 11 is 0. The summed E-state index contributed by atoms with van der Waals surface area (Å²) in [5, 5.41) is 23.8. The second-order valence-electron chi connectivity index (χ2n) is 5.30. The Morgan fingerprint density at radius 3 is 2.72 bits per heavy atom. The summed E-state index contributed by atoms with van der Waals surface area (Å²) in [6.07, 6.45) is 1.82. The van der Waals surface area contributed by atoms with Gasteiger partial charge >= 0.3 is 0 Å². The molecule has 134 valence electrons. The molecule has 9 heteroatoms. The van der Waals surface area contributed by atoms with Crippen LogP contribution in [-0.2, 0) is 4.74 Å². The highest BCUT2D eigenvalue weighted by atomic mass is 16.6. The van der Waals surface area contributed by atoms with Crippen LogP contribution in [0.25, 0.3) is 0 Å². The number of phenols is 1. The molecule has 1 heterocycles. The molecule has 2 rings (SSSR count). The Bertz CT molecular complexity index is 770. The molecule has 0 aliphatic heterocycles. The average Bonchev–Trinajstić information content (AvgIpc) is 3.04. The maximum absolute atomic E-state index is 12.1. The molecule has 0 radical (unpaired) electrons. The lowest BCUT2D eigenvalue weighted by atomic mass is 10.1. The van der Waals surface area contributed by atoms with Gasteiger partial charge in [-0.2, -0.15) is 0 Å². The molecule has 1 aromatic carbocycles. The van der Waals surface area contributed by atoms with E-state index in [2.05, 4.69) is 20.9 Å². The Hall–Kier alpha value is -3.23. The van der Waals surface area contributed by atoms with E-state index < -0.39 is 0 Å². The number of anilines is 3. The number of aromatic hydroxyl groups is 1. The predicted octanol–water partition coefficient (Wildman–Crippen LogP) is 2.18. The topological polar surface area (TPSA) is 113 Å². The van der Waals surface area contributed by atoms with E-state index in [9.17, 15) is 9.90 Å². The molecule has 0 saturated carbocycles. The Labute approximate surface area is 145 Å². The fourth-order valence-electron chi connectivity index (χ4n) is 2.03. The molecule has 3 N–H and O–H groups in total. The number of methoxy groups -OCH3 is 1. The summed E-state index contributed by atoms with van der Waals surface area (Å²) in [6, 6.07) is 4.81. The lowest BCUT2D eigenvalue weighted by molar-refractivity contribution is 0.0824. The van der Waals surface area contributed by atoms with Gasteiger partial charge in [0.15, 0.2) is 5.75 Å². The van der Waals surface area contributed by atoms with Gasteiger partial charge in [-0.05, 0) is 35.4 Å². The van der Waals surface area contributed by atoms with Crippen molar-refractivity contribution in [3.63, 3.8) is 0 Å². The molecule has 0 aliphatic rings. The van der Waals surface area contributed by atoms with E-state index in [0.717, 1.165) is 5.76 Å². The van der Waals surface area contributed by atoms with Gasteiger partial charge < -0.3 is 25.4 Å². The van der Waals surface area contributed by atoms with Crippen molar-refractivity contribution in [3.8, 4) is 5.75 Å². The highest BCUT2D eigenvalue weighted by Gasteiger charge is 2.18. The van der Waals surface area contributed by atoms with Gasteiger partial charge in [-0.3, -0.25) is 4.79 Å². The summed E-state index contributed by atoms with van der Waals surface area (Å²) in [6.45, 7) is 2.24. The van der Waals surface area contributed by atoms with E-state index in [4.69, 9.17) is 9.37 Å². The number of phenolic OH excluding ortho intramolecular Hbond substituents is 1. The standard InChI is InChI=1S/C16H21N5O4/c1-5-10(24-4)9-17-14-15(20-25-19-14)18-12-8-6-7-11(13(12)22)16(23)21(2)3/h5-8,22H,9H2,1-4H3,(H,17,19)(H,18,20)/b10-5-. The smallest absolute Gasteiger partial charge is 0.257 e. The second kappa shape index (κ2) is 8.04. The second-order valence-corrected chi connectivity index (χ2v) is 5.30. The fraction of sp³-hybridized carbons (Fsp3) is 0.312. The third-order valence-electron chi connectivity index (χ3n) is 3.43. The van der Waals surface area contributed by atoms with Crippen molar-refractivity contribution in [3.05, 3.63) is 35.6 Å². The first-order valence-corrected chi connectivity index (χ1v) is 7.54. The van der Waals surface area contributed by atoms with Crippen LogP contribution in [0.1, 0.15) is 17.3 Å². The number of rotatable bonds is 7. The highest BCUT2D eigenvalue weighted by Crippen LogP contribution is 2.32. The maximum Gasteiger partial charge on any atom is 0.257 e. The molecule has 9 nitrogen and oxygen atoms in total. The predicted molar refractivity (Wildman–Crippen MR) is 93.0 cm³/mol. The molecule has 0 atom stereocenters. The Morgan fingerprint density at radius 1 is 1.36 bits per heavy atom. The highest BCUT2D eigenvalue weighted by molar-refractivity contribution is 5.98. The molecule has 0 unspecified atom stereocenters. The van der Waals surface area contributed by atoms with Crippen LogP contribution in [0.5, 0.6) is 5.75 Å². The monoisotopic (exact) mass is 347 g/mol. The summed E-state index contributed by atoms with van der Waals surface area (Å²) in [7, 11) is 4.79.